The lowest BCUT2D eigenvalue weighted by molar-refractivity contribution is -0.0252. The fourth-order valence-corrected chi connectivity index (χ4v) is 3.37. The highest BCUT2D eigenvalue weighted by Crippen LogP contribution is 2.35. The zero-order valence-electron chi connectivity index (χ0n) is 15.2. The second-order valence-electron chi connectivity index (χ2n) is 7.07. The molecular weight excluding hydrogens is 344 g/mol. The van der Waals surface area contributed by atoms with Gasteiger partial charge in [0.25, 0.3) is 5.56 Å². The molecule has 1 N–H and O–H groups in total. The third-order valence-electron chi connectivity index (χ3n) is 5.06. The maximum absolute atomic E-state index is 12.4. The molecule has 0 bridgehead atoms. The maximum Gasteiger partial charge on any atom is 0.317 e. The highest BCUT2D eigenvalue weighted by Gasteiger charge is 2.36. The fraction of sp³-hybridized carbons (Fsp3) is 0.450. The predicted molar refractivity (Wildman–Crippen MR) is 101 cm³/mol. The number of nitrogens with zero attached hydrogens (tertiary/aromatic N) is 3. The first kappa shape index (κ1) is 17.7. The summed E-state index contributed by atoms with van der Waals surface area (Å²) in [5.41, 5.74) is 1.51. The van der Waals surface area contributed by atoms with Gasteiger partial charge in [-0.3, -0.25) is 4.79 Å². The maximum atomic E-state index is 12.4. The molecule has 2 fully saturated rings. The van der Waals surface area contributed by atoms with Gasteiger partial charge in [0.15, 0.2) is 0 Å². The number of morpholine rings is 1. The molecule has 2 amide bonds. The highest BCUT2D eigenvalue weighted by atomic mass is 16.5. The van der Waals surface area contributed by atoms with Gasteiger partial charge in [0.1, 0.15) is 0 Å². The minimum atomic E-state index is -0.177. The second kappa shape index (κ2) is 7.92. The average Bonchev–Trinajstić information content (AvgIpc) is 3.55. The van der Waals surface area contributed by atoms with Crippen LogP contribution >= 0.6 is 0 Å². The quantitative estimate of drug-likeness (QED) is 0.872. The van der Waals surface area contributed by atoms with E-state index in [2.05, 4.69) is 10.4 Å². The second-order valence-corrected chi connectivity index (χ2v) is 7.07. The summed E-state index contributed by atoms with van der Waals surface area (Å²) in [6, 6.07) is 12.8. The molecule has 1 unspecified atom stereocenters. The molecule has 2 aromatic rings. The monoisotopic (exact) mass is 368 g/mol. The van der Waals surface area contributed by atoms with Gasteiger partial charge in [0.05, 0.1) is 24.9 Å². The molecule has 1 aromatic heterocycles. The van der Waals surface area contributed by atoms with Crippen molar-refractivity contribution in [1.29, 1.82) is 0 Å². The molecule has 1 aliphatic carbocycles. The minimum Gasteiger partial charge on any atom is -0.374 e. The average molecular weight is 368 g/mol. The van der Waals surface area contributed by atoms with Gasteiger partial charge < -0.3 is 15.0 Å². The first-order chi connectivity index (χ1) is 13.2. The number of aromatic nitrogens is 2. The summed E-state index contributed by atoms with van der Waals surface area (Å²) in [6.07, 6.45) is 2.58. The molecule has 27 heavy (non-hydrogen) atoms. The van der Waals surface area contributed by atoms with Gasteiger partial charge in [-0.15, -0.1) is 0 Å². The molecule has 0 spiro atoms. The summed E-state index contributed by atoms with van der Waals surface area (Å²) >= 11 is 0. The van der Waals surface area contributed by atoms with Crippen molar-refractivity contribution < 1.29 is 9.53 Å². The normalized spacial score (nSPS) is 19.7. The van der Waals surface area contributed by atoms with E-state index in [1.165, 1.54) is 23.6 Å². The van der Waals surface area contributed by atoms with E-state index in [0.29, 0.717) is 38.7 Å². The van der Waals surface area contributed by atoms with E-state index in [-0.39, 0.29) is 17.7 Å². The summed E-state index contributed by atoms with van der Waals surface area (Å²) in [5, 5.41) is 7.31. The Morgan fingerprint density at radius 3 is 2.78 bits per heavy atom. The molecule has 142 valence electrons. The topological polar surface area (TPSA) is 76.5 Å². The molecule has 1 aromatic carbocycles. The summed E-state index contributed by atoms with van der Waals surface area (Å²) in [4.78, 5) is 26.3. The van der Waals surface area contributed by atoms with E-state index < -0.39 is 0 Å². The molecular formula is C20H24N4O3. The van der Waals surface area contributed by atoms with Crippen LogP contribution in [0.4, 0.5) is 4.79 Å². The molecule has 7 nitrogen and oxygen atoms in total. The van der Waals surface area contributed by atoms with Gasteiger partial charge in [-0.2, -0.15) is 5.10 Å². The van der Waals surface area contributed by atoms with Crippen LogP contribution in [-0.2, 0) is 11.3 Å². The molecule has 1 saturated heterocycles. The fourth-order valence-electron chi connectivity index (χ4n) is 3.37. The predicted octanol–water partition coefficient (Wildman–Crippen LogP) is 1.73. The van der Waals surface area contributed by atoms with Crippen molar-refractivity contribution >= 4 is 6.03 Å². The number of amides is 2. The van der Waals surface area contributed by atoms with Crippen LogP contribution in [0, 0.1) is 5.92 Å². The Hall–Kier alpha value is -2.67. The standard InChI is InChI=1S/C20H24N4O3/c25-19-9-8-17(15-4-2-1-3-5-15)22-24(19)11-10-21-20(26)23-12-13-27-18(14-23)16-6-7-16/h1-5,8-9,16,18H,6-7,10-14H2,(H,21,26). The summed E-state index contributed by atoms with van der Waals surface area (Å²) in [5.74, 6) is 0.615. The first-order valence-corrected chi connectivity index (χ1v) is 9.49. The number of nitrogens with one attached hydrogen (secondary N) is 1. The van der Waals surface area contributed by atoms with Crippen molar-refractivity contribution in [3.05, 3.63) is 52.8 Å². The van der Waals surface area contributed by atoms with E-state index in [1.54, 1.807) is 6.07 Å². The zero-order chi connectivity index (χ0) is 18.6. The lowest BCUT2D eigenvalue weighted by atomic mass is 10.1. The van der Waals surface area contributed by atoms with Crippen LogP contribution in [0.25, 0.3) is 11.3 Å². The number of hydrogen-bond acceptors (Lipinski definition) is 4. The van der Waals surface area contributed by atoms with Crippen molar-refractivity contribution in [3.8, 4) is 11.3 Å². The molecule has 1 atom stereocenters. The number of benzene rings is 1. The number of hydrogen-bond donors (Lipinski definition) is 1. The third-order valence-corrected chi connectivity index (χ3v) is 5.06. The molecule has 2 aliphatic rings. The van der Waals surface area contributed by atoms with Crippen LogP contribution in [-0.4, -0.2) is 53.1 Å². The summed E-state index contributed by atoms with van der Waals surface area (Å²) in [6.45, 7) is 2.54. The minimum absolute atomic E-state index is 0.101. The molecule has 2 heterocycles. The zero-order valence-corrected chi connectivity index (χ0v) is 15.2. The number of carbonyl (C=O) groups is 1. The van der Waals surface area contributed by atoms with Crippen LogP contribution in [0.1, 0.15) is 12.8 Å². The Kier molecular flexibility index (Phi) is 5.20. The van der Waals surface area contributed by atoms with Gasteiger partial charge in [0, 0.05) is 31.3 Å². The van der Waals surface area contributed by atoms with Crippen molar-refractivity contribution in [3.63, 3.8) is 0 Å². The molecule has 0 radical (unpaired) electrons. The summed E-state index contributed by atoms with van der Waals surface area (Å²) in [7, 11) is 0. The van der Waals surface area contributed by atoms with E-state index in [0.717, 1.165) is 11.3 Å². The Morgan fingerprint density at radius 2 is 2.00 bits per heavy atom. The Labute approximate surface area is 157 Å². The van der Waals surface area contributed by atoms with E-state index >= 15 is 0 Å². The largest absolute Gasteiger partial charge is 0.374 e. The van der Waals surface area contributed by atoms with Crippen molar-refractivity contribution in [2.45, 2.75) is 25.5 Å². The third kappa shape index (κ3) is 4.36. The Balaban J connectivity index is 1.33. The number of carbonyl (C=O) groups excluding carboxylic acids is 1. The molecule has 1 saturated carbocycles. The van der Waals surface area contributed by atoms with Crippen LogP contribution in [0.3, 0.4) is 0 Å². The first-order valence-electron chi connectivity index (χ1n) is 9.49. The van der Waals surface area contributed by atoms with Gasteiger partial charge in [-0.25, -0.2) is 9.48 Å². The highest BCUT2D eigenvalue weighted by molar-refractivity contribution is 5.74. The smallest absolute Gasteiger partial charge is 0.317 e. The van der Waals surface area contributed by atoms with Gasteiger partial charge in [-0.1, -0.05) is 30.3 Å². The van der Waals surface area contributed by atoms with E-state index in [9.17, 15) is 9.59 Å². The van der Waals surface area contributed by atoms with E-state index in [1.807, 2.05) is 35.2 Å². The lowest BCUT2D eigenvalue weighted by Gasteiger charge is -2.33. The van der Waals surface area contributed by atoms with Crippen molar-refractivity contribution in [2.75, 3.05) is 26.2 Å². The van der Waals surface area contributed by atoms with E-state index in [4.69, 9.17) is 4.74 Å². The number of urea groups is 1. The lowest BCUT2D eigenvalue weighted by Crippen LogP contribution is -2.50. The molecule has 4 rings (SSSR count). The Bertz CT molecular complexity index is 848. The van der Waals surface area contributed by atoms with Gasteiger partial charge in [-0.05, 0) is 24.8 Å². The van der Waals surface area contributed by atoms with Crippen LogP contribution in [0.5, 0.6) is 0 Å². The molecule has 7 heteroatoms. The van der Waals surface area contributed by atoms with Crippen LogP contribution in [0.15, 0.2) is 47.3 Å². The Morgan fingerprint density at radius 1 is 1.19 bits per heavy atom. The van der Waals surface area contributed by atoms with Crippen molar-refractivity contribution in [2.24, 2.45) is 5.92 Å². The number of rotatable bonds is 5. The van der Waals surface area contributed by atoms with Gasteiger partial charge >= 0.3 is 6.03 Å². The van der Waals surface area contributed by atoms with Crippen LogP contribution in [0.2, 0.25) is 0 Å². The van der Waals surface area contributed by atoms with Crippen molar-refractivity contribution in [1.82, 2.24) is 20.0 Å². The summed E-state index contributed by atoms with van der Waals surface area (Å²) < 4.78 is 7.15. The number of ether oxygens (including phenoxy) is 1. The van der Waals surface area contributed by atoms with Gasteiger partial charge in [0.2, 0.25) is 0 Å². The molecule has 1 aliphatic heterocycles. The SMILES string of the molecule is O=C(NCCn1nc(-c2ccccc2)ccc1=O)N1CCOC(C2CC2)C1. The van der Waals surface area contributed by atoms with Crippen LogP contribution < -0.4 is 10.9 Å².